The highest BCUT2D eigenvalue weighted by molar-refractivity contribution is 7.11. The van der Waals surface area contributed by atoms with Crippen LogP contribution in [0, 0.1) is 6.92 Å². The molecule has 0 aromatic carbocycles. The summed E-state index contributed by atoms with van der Waals surface area (Å²) < 4.78 is 5.93. The van der Waals surface area contributed by atoms with Crippen LogP contribution in [0.1, 0.15) is 48.4 Å². The highest BCUT2D eigenvalue weighted by Crippen LogP contribution is 2.20. The maximum absolute atomic E-state index is 5.93. The fourth-order valence-electron chi connectivity index (χ4n) is 2.79. The molecule has 2 N–H and O–H groups in total. The van der Waals surface area contributed by atoms with E-state index < -0.39 is 0 Å². The van der Waals surface area contributed by atoms with Gasteiger partial charge in [0.05, 0.1) is 11.1 Å². The zero-order valence-electron chi connectivity index (χ0n) is 14.4. The lowest BCUT2D eigenvalue weighted by Crippen LogP contribution is -2.39. The number of aromatic nitrogens is 1. The second kappa shape index (κ2) is 10.6. The Morgan fingerprint density at radius 1 is 1.30 bits per heavy atom. The summed E-state index contributed by atoms with van der Waals surface area (Å²) in [7, 11) is 1.81. The number of rotatable bonds is 8. The van der Waals surface area contributed by atoms with E-state index in [1.807, 2.05) is 6.20 Å². The van der Waals surface area contributed by atoms with E-state index in [4.69, 9.17) is 4.74 Å². The zero-order valence-corrected chi connectivity index (χ0v) is 15.3. The van der Waals surface area contributed by atoms with Gasteiger partial charge in [0.1, 0.15) is 0 Å². The Labute approximate surface area is 144 Å². The van der Waals surface area contributed by atoms with E-state index >= 15 is 0 Å². The molecule has 2 rings (SSSR count). The van der Waals surface area contributed by atoms with Gasteiger partial charge in [0.15, 0.2) is 5.96 Å². The Bertz CT molecular complexity index is 469. The topological polar surface area (TPSA) is 58.5 Å². The third kappa shape index (κ3) is 7.31. The summed E-state index contributed by atoms with van der Waals surface area (Å²) in [5.74, 6) is 0.857. The van der Waals surface area contributed by atoms with Gasteiger partial charge in [-0.1, -0.05) is 19.3 Å². The van der Waals surface area contributed by atoms with Crippen molar-refractivity contribution in [3.63, 3.8) is 0 Å². The Hall–Kier alpha value is -1.14. The minimum atomic E-state index is 0.503. The van der Waals surface area contributed by atoms with Crippen molar-refractivity contribution in [1.82, 2.24) is 15.6 Å². The normalized spacial score (nSPS) is 16.5. The summed E-state index contributed by atoms with van der Waals surface area (Å²) >= 11 is 1.76. The number of hydrogen-bond acceptors (Lipinski definition) is 4. The molecular formula is C17H30N4OS. The molecule has 5 nitrogen and oxygen atoms in total. The molecule has 0 radical (unpaired) electrons. The van der Waals surface area contributed by atoms with Gasteiger partial charge in [0, 0.05) is 44.2 Å². The Morgan fingerprint density at radius 3 is 2.78 bits per heavy atom. The lowest BCUT2D eigenvalue weighted by Gasteiger charge is -2.22. The van der Waals surface area contributed by atoms with Gasteiger partial charge in [0.25, 0.3) is 0 Å². The standard InChI is InChI=1S/C17H30N4OS/c1-14-13-21-16(23-14)9-11-20-17(18-2)19-10-6-12-22-15-7-4-3-5-8-15/h13,15H,3-12H2,1-2H3,(H2,18,19,20). The summed E-state index contributed by atoms with van der Waals surface area (Å²) in [6, 6.07) is 0. The van der Waals surface area contributed by atoms with Crippen molar-refractivity contribution in [3.05, 3.63) is 16.1 Å². The zero-order chi connectivity index (χ0) is 16.3. The molecule has 0 spiro atoms. The highest BCUT2D eigenvalue weighted by atomic mass is 32.1. The van der Waals surface area contributed by atoms with E-state index in [2.05, 4.69) is 27.5 Å². The Balaban J connectivity index is 1.50. The number of nitrogens with one attached hydrogen (secondary N) is 2. The van der Waals surface area contributed by atoms with Gasteiger partial charge in [0.2, 0.25) is 0 Å². The molecule has 1 saturated carbocycles. The first kappa shape index (κ1) is 18.2. The van der Waals surface area contributed by atoms with Crippen molar-refractivity contribution in [1.29, 1.82) is 0 Å². The van der Waals surface area contributed by atoms with Crippen molar-refractivity contribution in [2.75, 3.05) is 26.7 Å². The molecule has 0 saturated heterocycles. The summed E-state index contributed by atoms with van der Waals surface area (Å²) in [5.41, 5.74) is 0. The number of hydrogen-bond donors (Lipinski definition) is 2. The molecular weight excluding hydrogens is 308 g/mol. The van der Waals surface area contributed by atoms with Gasteiger partial charge < -0.3 is 15.4 Å². The van der Waals surface area contributed by atoms with Crippen LogP contribution in [-0.2, 0) is 11.2 Å². The molecule has 1 aromatic rings. The average Bonchev–Trinajstić information content (AvgIpc) is 2.99. The molecule has 1 heterocycles. The van der Waals surface area contributed by atoms with Crippen molar-refractivity contribution in [2.24, 2.45) is 4.99 Å². The number of thiazole rings is 1. The molecule has 23 heavy (non-hydrogen) atoms. The minimum Gasteiger partial charge on any atom is -0.378 e. The van der Waals surface area contributed by atoms with Crippen molar-refractivity contribution < 1.29 is 4.74 Å². The summed E-state index contributed by atoms with van der Waals surface area (Å²) in [6.07, 6.45) is 10.9. The molecule has 6 heteroatoms. The number of ether oxygens (including phenoxy) is 1. The van der Waals surface area contributed by atoms with Gasteiger partial charge in [-0.2, -0.15) is 0 Å². The lowest BCUT2D eigenvalue weighted by molar-refractivity contribution is 0.0277. The number of nitrogens with zero attached hydrogens (tertiary/aromatic N) is 2. The van der Waals surface area contributed by atoms with Gasteiger partial charge in [-0.15, -0.1) is 11.3 Å². The number of aryl methyl sites for hydroxylation is 1. The molecule has 1 aliphatic rings. The molecule has 130 valence electrons. The maximum Gasteiger partial charge on any atom is 0.190 e. The average molecular weight is 339 g/mol. The van der Waals surface area contributed by atoms with E-state index in [1.54, 1.807) is 18.4 Å². The van der Waals surface area contributed by atoms with Crippen LogP contribution in [0.5, 0.6) is 0 Å². The van der Waals surface area contributed by atoms with Crippen LogP contribution in [0.4, 0.5) is 0 Å². The first-order valence-electron chi connectivity index (χ1n) is 8.75. The fraction of sp³-hybridized carbons (Fsp3) is 0.765. The van der Waals surface area contributed by atoms with E-state index in [0.717, 1.165) is 38.5 Å². The second-order valence-corrected chi connectivity index (χ2v) is 7.34. The van der Waals surface area contributed by atoms with E-state index in [9.17, 15) is 0 Å². The lowest BCUT2D eigenvalue weighted by atomic mass is 9.98. The predicted octanol–water partition coefficient (Wildman–Crippen LogP) is 2.90. The van der Waals surface area contributed by atoms with Crippen LogP contribution in [0.3, 0.4) is 0 Å². The van der Waals surface area contributed by atoms with Gasteiger partial charge in [-0.25, -0.2) is 4.98 Å². The van der Waals surface area contributed by atoms with Crippen molar-refractivity contribution >= 4 is 17.3 Å². The number of aliphatic imine (C=N–C) groups is 1. The molecule has 1 aliphatic carbocycles. The molecule has 0 amide bonds. The van der Waals surface area contributed by atoms with Crippen LogP contribution in [0.25, 0.3) is 0 Å². The molecule has 1 aromatic heterocycles. The Morgan fingerprint density at radius 2 is 2.09 bits per heavy atom. The van der Waals surface area contributed by atoms with Crippen LogP contribution in [0.15, 0.2) is 11.2 Å². The Kier molecular flexibility index (Phi) is 8.39. The third-order valence-corrected chi connectivity index (χ3v) is 5.02. The van der Waals surface area contributed by atoms with Crippen LogP contribution < -0.4 is 10.6 Å². The monoisotopic (exact) mass is 338 g/mol. The summed E-state index contributed by atoms with van der Waals surface area (Å²) in [4.78, 5) is 9.88. The highest BCUT2D eigenvalue weighted by Gasteiger charge is 2.12. The van der Waals surface area contributed by atoms with Crippen LogP contribution in [-0.4, -0.2) is 43.8 Å². The van der Waals surface area contributed by atoms with Gasteiger partial charge >= 0.3 is 0 Å². The van der Waals surface area contributed by atoms with Gasteiger partial charge in [-0.3, -0.25) is 4.99 Å². The van der Waals surface area contributed by atoms with Crippen molar-refractivity contribution in [2.45, 2.75) is 58.0 Å². The summed E-state index contributed by atoms with van der Waals surface area (Å²) in [5, 5.41) is 7.85. The first-order chi connectivity index (χ1) is 11.3. The maximum atomic E-state index is 5.93. The van der Waals surface area contributed by atoms with Gasteiger partial charge in [-0.05, 0) is 26.2 Å². The SMILES string of the molecule is CN=C(NCCCOC1CCCCC1)NCCc1ncc(C)s1. The van der Waals surface area contributed by atoms with E-state index in [-0.39, 0.29) is 0 Å². The van der Waals surface area contributed by atoms with Crippen molar-refractivity contribution in [3.8, 4) is 0 Å². The number of guanidine groups is 1. The first-order valence-corrected chi connectivity index (χ1v) is 9.57. The third-order valence-electron chi connectivity index (χ3n) is 4.04. The van der Waals surface area contributed by atoms with E-state index in [1.165, 1.54) is 42.0 Å². The predicted molar refractivity (Wildman–Crippen MR) is 97.4 cm³/mol. The molecule has 0 bridgehead atoms. The smallest absolute Gasteiger partial charge is 0.190 e. The van der Waals surface area contributed by atoms with E-state index in [0.29, 0.717) is 6.10 Å². The molecule has 0 unspecified atom stereocenters. The second-order valence-electron chi connectivity index (χ2n) is 6.02. The fourth-order valence-corrected chi connectivity index (χ4v) is 3.57. The molecule has 0 aliphatic heterocycles. The largest absolute Gasteiger partial charge is 0.378 e. The van der Waals surface area contributed by atoms with Crippen LogP contribution in [0.2, 0.25) is 0 Å². The molecule has 0 atom stereocenters. The van der Waals surface area contributed by atoms with Crippen LogP contribution >= 0.6 is 11.3 Å². The molecule has 1 fully saturated rings. The quantitative estimate of drug-likeness (QED) is 0.435. The minimum absolute atomic E-state index is 0.503. The summed E-state index contributed by atoms with van der Waals surface area (Å²) in [6.45, 7) is 4.67.